The van der Waals surface area contributed by atoms with E-state index in [9.17, 15) is 4.79 Å². The van der Waals surface area contributed by atoms with Crippen LogP contribution in [-0.4, -0.2) is 51.9 Å². The predicted molar refractivity (Wildman–Crippen MR) is 98.6 cm³/mol. The highest BCUT2D eigenvalue weighted by Gasteiger charge is 2.04. The molecule has 2 amide bonds. The number of hydrogen-bond donors (Lipinski definition) is 2. The lowest BCUT2D eigenvalue weighted by Gasteiger charge is -2.20. The van der Waals surface area contributed by atoms with E-state index in [-0.39, 0.29) is 6.03 Å². The molecule has 0 radical (unpaired) electrons. The minimum Gasteiger partial charge on any atom is -0.338 e. The summed E-state index contributed by atoms with van der Waals surface area (Å²) in [5.41, 5.74) is 0.981. The van der Waals surface area contributed by atoms with Crippen molar-refractivity contribution in [2.24, 2.45) is 0 Å². The van der Waals surface area contributed by atoms with Crippen LogP contribution in [0.2, 0.25) is 0 Å². The molecule has 0 spiro atoms. The molecule has 0 aromatic carbocycles. The van der Waals surface area contributed by atoms with Crippen LogP contribution in [0.1, 0.15) is 32.3 Å². The topological polar surface area (TPSA) is 75.1 Å². The third-order valence-corrected chi connectivity index (χ3v) is 4.11. The summed E-state index contributed by atoms with van der Waals surface area (Å²) in [4.78, 5) is 18.4. The standard InChI is InChI=1S/C18H28N6O/c1-15(2)23(3)11-5-4-8-20-18(25)21-14-16-7-10-19-17(13-16)24-12-6-9-22-24/h6-7,9-10,12-13,15H,4-5,8,11,14H2,1-3H3,(H2,20,21,25). The van der Waals surface area contributed by atoms with E-state index in [1.54, 1.807) is 17.1 Å². The van der Waals surface area contributed by atoms with Crippen molar-refractivity contribution in [2.45, 2.75) is 39.3 Å². The lowest BCUT2D eigenvalue weighted by Crippen LogP contribution is -2.36. The summed E-state index contributed by atoms with van der Waals surface area (Å²) in [5.74, 6) is 0.735. The molecule has 0 aliphatic heterocycles. The molecule has 2 heterocycles. The van der Waals surface area contributed by atoms with Gasteiger partial charge in [0.05, 0.1) is 0 Å². The van der Waals surface area contributed by atoms with E-state index in [1.807, 2.05) is 24.4 Å². The molecule has 0 aliphatic rings. The van der Waals surface area contributed by atoms with Gasteiger partial charge in [-0.2, -0.15) is 5.10 Å². The molecular weight excluding hydrogens is 316 g/mol. The summed E-state index contributed by atoms with van der Waals surface area (Å²) in [6, 6.07) is 6.06. The van der Waals surface area contributed by atoms with Gasteiger partial charge in [-0.15, -0.1) is 0 Å². The van der Waals surface area contributed by atoms with Crippen molar-refractivity contribution in [1.82, 2.24) is 30.3 Å². The second kappa shape index (κ2) is 9.78. The van der Waals surface area contributed by atoms with Crippen LogP contribution >= 0.6 is 0 Å². The third-order valence-electron chi connectivity index (χ3n) is 4.11. The molecule has 2 N–H and O–H groups in total. The average Bonchev–Trinajstić information content (AvgIpc) is 3.14. The lowest BCUT2D eigenvalue weighted by atomic mass is 10.2. The van der Waals surface area contributed by atoms with Gasteiger partial charge in [0.1, 0.15) is 0 Å². The second-order valence-electron chi connectivity index (χ2n) is 6.36. The van der Waals surface area contributed by atoms with Crippen LogP contribution in [0, 0.1) is 0 Å². The number of pyridine rings is 1. The average molecular weight is 344 g/mol. The van der Waals surface area contributed by atoms with Gasteiger partial charge in [0, 0.05) is 37.7 Å². The number of urea groups is 1. The first-order chi connectivity index (χ1) is 12.1. The highest BCUT2D eigenvalue weighted by molar-refractivity contribution is 5.73. The summed E-state index contributed by atoms with van der Waals surface area (Å²) in [5, 5.41) is 9.92. The zero-order chi connectivity index (χ0) is 18.1. The van der Waals surface area contributed by atoms with Gasteiger partial charge in [0.2, 0.25) is 0 Å². The van der Waals surface area contributed by atoms with E-state index in [0.29, 0.717) is 19.1 Å². The van der Waals surface area contributed by atoms with E-state index in [2.05, 4.69) is 46.5 Å². The fourth-order valence-corrected chi connectivity index (χ4v) is 2.29. The third kappa shape index (κ3) is 6.54. The fraction of sp³-hybridized carbons (Fsp3) is 0.500. The van der Waals surface area contributed by atoms with Crippen molar-refractivity contribution in [1.29, 1.82) is 0 Å². The number of carbonyl (C=O) groups is 1. The molecule has 0 saturated heterocycles. The van der Waals surface area contributed by atoms with Crippen molar-refractivity contribution in [2.75, 3.05) is 20.1 Å². The van der Waals surface area contributed by atoms with E-state index < -0.39 is 0 Å². The highest BCUT2D eigenvalue weighted by Crippen LogP contribution is 2.05. The van der Waals surface area contributed by atoms with Gasteiger partial charge in [-0.05, 0) is 64.0 Å². The number of aromatic nitrogens is 3. The van der Waals surface area contributed by atoms with E-state index >= 15 is 0 Å². The Morgan fingerprint density at radius 3 is 2.84 bits per heavy atom. The Kier molecular flexibility index (Phi) is 7.40. The van der Waals surface area contributed by atoms with Crippen LogP contribution in [0.3, 0.4) is 0 Å². The first-order valence-corrected chi connectivity index (χ1v) is 8.73. The van der Waals surface area contributed by atoms with Gasteiger partial charge in [-0.3, -0.25) is 0 Å². The molecule has 2 rings (SSSR count). The Morgan fingerprint density at radius 1 is 1.28 bits per heavy atom. The SMILES string of the molecule is CC(C)N(C)CCCCNC(=O)NCc1ccnc(-n2cccn2)c1. The molecule has 136 valence electrons. The zero-order valence-corrected chi connectivity index (χ0v) is 15.3. The number of nitrogens with zero attached hydrogens (tertiary/aromatic N) is 4. The normalized spacial score (nSPS) is 11.1. The van der Waals surface area contributed by atoms with Crippen molar-refractivity contribution >= 4 is 6.03 Å². The molecule has 25 heavy (non-hydrogen) atoms. The Balaban J connectivity index is 1.66. The summed E-state index contributed by atoms with van der Waals surface area (Å²) < 4.78 is 1.69. The fourth-order valence-electron chi connectivity index (χ4n) is 2.29. The van der Waals surface area contributed by atoms with Crippen molar-refractivity contribution < 1.29 is 4.79 Å². The molecule has 0 atom stereocenters. The van der Waals surface area contributed by atoms with Gasteiger partial charge in [0.25, 0.3) is 0 Å². The maximum Gasteiger partial charge on any atom is 0.315 e. The molecule has 7 heteroatoms. The van der Waals surface area contributed by atoms with E-state index in [4.69, 9.17) is 0 Å². The molecule has 0 bridgehead atoms. The molecule has 0 aliphatic carbocycles. The molecule has 0 saturated carbocycles. The van der Waals surface area contributed by atoms with Gasteiger partial charge in [0.15, 0.2) is 5.82 Å². The number of carbonyl (C=O) groups excluding carboxylic acids is 1. The molecular formula is C18H28N6O. The Labute approximate surface area is 149 Å². The number of unbranched alkanes of at least 4 members (excludes halogenated alkanes) is 1. The Bertz CT molecular complexity index is 641. The van der Waals surface area contributed by atoms with Crippen molar-refractivity contribution in [3.63, 3.8) is 0 Å². The minimum absolute atomic E-state index is 0.144. The highest BCUT2D eigenvalue weighted by atomic mass is 16.2. The van der Waals surface area contributed by atoms with Crippen LogP contribution in [0.5, 0.6) is 0 Å². The van der Waals surface area contributed by atoms with Crippen LogP contribution in [0.25, 0.3) is 5.82 Å². The number of amides is 2. The van der Waals surface area contributed by atoms with Crippen LogP contribution < -0.4 is 10.6 Å². The Hall–Kier alpha value is -2.41. The van der Waals surface area contributed by atoms with Gasteiger partial charge in [-0.1, -0.05) is 0 Å². The van der Waals surface area contributed by atoms with Crippen molar-refractivity contribution in [3.05, 3.63) is 42.4 Å². The number of nitrogens with one attached hydrogen (secondary N) is 2. The molecule has 2 aromatic heterocycles. The van der Waals surface area contributed by atoms with Gasteiger partial charge >= 0.3 is 6.03 Å². The maximum absolute atomic E-state index is 11.9. The monoisotopic (exact) mass is 344 g/mol. The van der Waals surface area contributed by atoms with Crippen LogP contribution in [-0.2, 0) is 6.54 Å². The minimum atomic E-state index is -0.144. The van der Waals surface area contributed by atoms with E-state index in [0.717, 1.165) is 30.8 Å². The van der Waals surface area contributed by atoms with E-state index in [1.165, 1.54) is 0 Å². The van der Waals surface area contributed by atoms with Crippen LogP contribution in [0.15, 0.2) is 36.8 Å². The summed E-state index contributed by atoms with van der Waals surface area (Å²) in [6.45, 7) is 6.56. The smallest absolute Gasteiger partial charge is 0.315 e. The second-order valence-corrected chi connectivity index (χ2v) is 6.36. The maximum atomic E-state index is 11.9. The largest absolute Gasteiger partial charge is 0.338 e. The summed E-state index contributed by atoms with van der Waals surface area (Å²) in [6.07, 6.45) is 7.31. The molecule has 7 nitrogen and oxygen atoms in total. The van der Waals surface area contributed by atoms with Gasteiger partial charge in [-0.25, -0.2) is 14.5 Å². The Morgan fingerprint density at radius 2 is 2.12 bits per heavy atom. The summed E-state index contributed by atoms with van der Waals surface area (Å²) in [7, 11) is 2.12. The molecule has 2 aromatic rings. The quantitative estimate of drug-likeness (QED) is 0.684. The zero-order valence-electron chi connectivity index (χ0n) is 15.3. The number of rotatable bonds is 9. The molecule has 0 fully saturated rings. The first-order valence-electron chi connectivity index (χ1n) is 8.73. The van der Waals surface area contributed by atoms with Gasteiger partial charge < -0.3 is 15.5 Å². The predicted octanol–water partition coefficient (Wildman–Crippen LogP) is 2.19. The lowest BCUT2D eigenvalue weighted by molar-refractivity contribution is 0.239. The van der Waals surface area contributed by atoms with Crippen molar-refractivity contribution in [3.8, 4) is 5.82 Å². The summed E-state index contributed by atoms with van der Waals surface area (Å²) >= 11 is 0. The number of hydrogen-bond acceptors (Lipinski definition) is 4. The van der Waals surface area contributed by atoms with Crippen LogP contribution in [0.4, 0.5) is 4.79 Å². The first kappa shape index (κ1) is 18.9. The molecule has 0 unspecified atom stereocenters.